The van der Waals surface area contributed by atoms with Crippen molar-refractivity contribution in [2.75, 3.05) is 5.32 Å². The number of nitro groups is 1. The van der Waals surface area contributed by atoms with Gasteiger partial charge in [-0.05, 0) is 23.1 Å². The fourth-order valence-corrected chi connectivity index (χ4v) is 3.65. The van der Waals surface area contributed by atoms with Gasteiger partial charge in [0.1, 0.15) is 5.69 Å². The van der Waals surface area contributed by atoms with Gasteiger partial charge in [0.15, 0.2) is 0 Å². The molecule has 8 heteroatoms. The summed E-state index contributed by atoms with van der Waals surface area (Å²) >= 11 is 1.49. The van der Waals surface area contributed by atoms with Gasteiger partial charge in [-0.25, -0.2) is 0 Å². The molecular formula is C21H16N4O3S. The Morgan fingerprint density at radius 1 is 1.10 bits per heavy atom. The van der Waals surface area contributed by atoms with E-state index in [0.29, 0.717) is 23.5 Å². The molecule has 0 saturated heterocycles. The van der Waals surface area contributed by atoms with Crippen LogP contribution in [0.2, 0.25) is 0 Å². The van der Waals surface area contributed by atoms with E-state index in [2.05, 4.69) is 10.4 Å². The van der Waals surface area contributed by atoms with Crippen molar-refractivity contribution in [3.8, 4) is 10.6 Å². The molecule has 1 amide bonds. The van der Waals surface area contributed by atoms with E-state index in [0.717, 1.165) is 10.4 Å². The van der Waals surface area contributed by atoms with Crippen molar-refractivity contribution < 1.29 is 9.72 Å². The summed E-state index contributed by atoms with van der Waals surface area (Å²) in [5.74, 6) is -0.367. The van der Waals surface area contributed by atoms with E-state index >= 15 is 0 Å². The van der Waals surface area contributed by atoms with E-state index in [4.69, 9.17) is 0 Å². The third kappa shape index (κ3) is 4.22. The summed E-state index contributed by atoms with van der Waals surface area (Å²) in [7, 11) is 0. The number of nitrogens with zero attached hydrogens (tertiary/aromatic N) is 3. The lowest BCUT2D eigenvalue weighted by atomic mass is 10.2. The summed E-state index contributed by atoms with van der Waals surface area (Å²) in [6.45, 7) is 0.531. The highest BCUT2D eigenvalue weighted by atomic mass is 32.1. The van der Waals surface area contributed by atoms with Gasteiger partial charge in [0, 0.05) is 24.0 Å². The maximum Gasteiger partial charge on any atom is 0.271 e. The van der Waals surface area contributed by atoms with E-state index in [1.807, 2.05) is 47.8 Å². The number of benzene rings is 2. The van der Waals surface area contributed by atoms with Crippen LogP contribution >= 0.6 is 11.3 Å². The highest BCUT2D eigenvalue weighted by molar-refractivity contribution is 7.13. The topological polar surface area (TPSA) is 90.1 Å². The summed E-state index contributed by atoms with van der Waals surface area (Å²) in [5.41, 5.74) is 2.34. The first kappa shape index (κ1) is 18.6. The molecule has 0 radical (unpaired) electrons. The van der Waals surface area contributed by atoms with Crippen LogP contribution in [0.1, 0.15) is 15.9 Å². The number of non-ortho nitro benzene ring substituents is 1. The van der Waals surface area contributed by atoms with Gasteiger partial charge < -0.3 is 5.32 Å². The lowest BCUT2D eigenvalue weighted by Crippen LogP contribution is -2.12. The molecule has 0 bridgehead atoms. The molecule has 144 valence electrons. The Morgan fingerprint density at radius 3 is 2.66 bits per heavy atom. The van der Waals surface area contributed by atoms with Crippen molar-refractivity contribution in [1.82, 2.24) is 9.78 Å². The Labute approximate surface area is 170 Å². The maximum absolute atomic E-state index is 12.9. The van der Waals surface area contributed by atoms with Crippen LogP contribution < -0.4 is 5.32 Å². The minimum atomic E-state index is -0.495. The summed E-state index contributed by atoms with van der Waals surface area (Å²) in [4.78, 5) is 24.3. The van der Waals surface area contributed by atoms with Crippen molar-refractivity contribution in [1.29, 1.82) is 0 Å². The van der Waals surface area contributed by atoms with Crippen LogP contribution in [0.3, 0.4) is 0 Å². The van der Waals surface area contributed by atoms with E-state index < -0.39 is 4.92 Å². The number of anilines is 1. The lowest BCUT2D eigenvalue weighted by molar-refractivity contribution is -0.384. The Morgan fingerprint density at radius 2 is 1.93 bits per heavy atom. The zero-order valence-electron chi connectivity index (χ0n) is 15.2. The molecule has 29 heavy (non-hydrogen) atoms. The molecule has 0 saturated carbocycles. The van der Waals surface area contributed by atoms with Crippen molar-refractivity contribution in [3.63, 3.8) is 0 Å². The average molecular weight is 404 g/mol. The first-order valence-corrected chi connectivity index (χ1v) is 9.69. The zero-order valence-corrected chi connectivity index (χ0v) is 16.0. The van der Waals surface area contributed by atoms with Gasteiger partial charge in [-0.15, -0.1) is 11.3 Å². The first-order valence-electron chi connectivity index (χ1n) is 8.81. The SMILES string of the molecule is O=C(Nc1cccc([N+](=O)[O-])c1)c1cn(Cc2ccccc2)nc1-c1cccs1. The smallest absolute Gasteiger partial charge is 0.271 e. The Balaban J connectivity index is 1.65. The molecule has 0 fully saturated rings. The van der Waals surface area contributed by atoms with Gasteiger partial charge in [0.05, 0.1) is 21.9 Å². The molecule has 0 aliphatic rings. The number of aromatic nitrogens is 2. The standard InChI is InChI=1S/C21H16N4O3S/c26-21(22-16-8-4-9-17(12-16)25(27)28)18-14-24(13-15-6-2-1-3-7-15)23-20(18)19-10-5-11-29-19/h1-12,14H,13H2,(H,22,26). The van der Waals surface area contributed by atoms with Crippen LogP contribution in [0.25, 0.3) is 10.6 Å². The van der Waals surface area contributed by atoms with Crippen LogP contribution in [0.15, 0.2) is 78.3 Å². The second kappa shape index (κ2) is 8.07. The number of carbonyl (C=O) groups excluding carboxylic acids is 1. The van der Waals surface area contributed by atoms with Crippen molar-refractivity contribution >= 4 is 28.6 Å². The molecule has 4 aromatic rings. The fraction of sp³-hybridized carbons (Fsp3) is 0.0476. The molecule has 1 N–H and O–H groups in total. The number of hydrogen-bond acceptors (Lipinski definition) is 5. The molecule has 0 spiro atoms. The highest BCUT2D eigenvalue weighted by Crippen LogP contribution is 2.28. The van der Waals surface area contributed by atoms with Crippen LogP contribution in [0.5, 0.6) is 0 Å². The van der Waals surface area contributed by atoms with E-state index in [1.54, 1.807) is 16.9 Å². The zero-order chi connectivity index (χ0) is 20.2. The minimum absolute atomic E-state index is 0.0824. The third-order valence-electron chi connectivity index (χ3n) is 4.26. The van der Waals surface area contributed by atoms with E-state index in [-0.39, 0.29) is 11.6 Å². The second-order valence-corrected chi connectivity index (χ2v) is 7.26. The number of nitro benzene ring substituents is 1. The predicted octanol–water partition coefficient (Wildman–Crippen LogP) is 4.82. The summed E-state index contributed by atoms with van der Waals surface area (Å²) in [6, 6.07) is 19.5. The van der Waals surface area contributed by atoms with E-state index in [1.165, 1.54) is 29.5 Å². The Hall–Kier alpha value is -3.78. The van der Waals surface area contributed by atoms with E-state index in [9.17, 15) is 14.9 Å². The van der Waals surface area contributed by atoms with Crippen LogP contribution in [0.4, 0.5) is 11.4 Å². The van der Waals surface area contributed by atoms with Gasteiger partial charge in [-0.2, -0.15) is 5.10 Å². The molecule has 2 heterocycles. The van der Waals surface area contributed by atoms with Crippen molar-refractivity contribution in [3.05, 3.63) is 99.5 Å². The highest BCUT2D eigenvalue weighted by Gasteiger charge is 2.19. The maximum atomic E-state index is 12.9. The van der Waals surface area contributed by atoms with Crippen LogP contribution in [-0.4, -0.2) is 20.6 Å². The number of thiophene rings is 1. The molecule has 2 aromatic heterocycles. The van der Waals surface area contributed by atoms with Crippen molar-refractivity contribution in [2.45, 2.75) is 6.54 Å². The number of hydrogen-bond donors (Lipinski definition) is 1. The van der Waals surface area contributed by atoms with Crippen LogP contribution in [-0.2, 0) is 6.54 Å². The Bertz CT molecular complexity index is 1150. The molecule has 0 atom stereocenters. The first-order chi connectivity index (χ1) is 14.1. The van der Waals surface area contributed by atoms with Gasteiger partial charge in [0.2, 0.25) is 0 Å². The molecule has 7 nitrogen and oxygen atoms in total. The molecule has 0 aliphatic carbocycles. The van der Waals surface area contributed by atoms with Crippen LogP contribution in [0, 0.1) is 10.1 Å². The number of carbonyl (C=O) groups is 1. The third-order valence-corrected chi connectivity index (χ3v) is 5.14. The predicted molar refractivity (Wildman–Crippen MR) is 112 cm³/mol. The van der Waals surface area contributed by atoms with Gasteiger partial charge in [-0.3, -0.25) is 19.6 Å². The number of rotatable bonds is 6. The summed E-state index contributed by atoms with van der Waals surface area (Å²) in [5, 5.41) is 20.3. The Kier molecular flexibility index (Phi) is 5.17. The number of amides is 1. The molecule has 0 unspecified atom stereocenters. The fourth-order valence-electron chi connectivity index (χ4n) is 2.93. The summed E-state index contributed by atoms with van der Waals surface area (Å²) in [6.07, 6.45) is 1.70. The quantitative estimate of drug-likeness (QED) is 0.368. The largest absolute Gasteiger partial charge is 0.322 e. The molecule has 0 aliphatic heterocycles. The average Bonchev–Trinajstić information content (AvgIpc) is 3.39. The van der Waals surface area contributed by atoms with Gasteiger partial charge in [-0.1, -0.05) is 42.5 Å². The van der Waals surface area contributed by atoms with Gasteiger partial charge in [0.25, 0.3) is 11.6 Å². The van der Waals surface area contributed by atoms with Gasteiger partial charge >= 0.3 is 0 Å². The molecule has 2 aromatic carbocycles. The monoisotopic (exact) mass is 404 g/mol. The lowest BCUT2D eigenvalue weighted by Gasteiger charge is -2.04. The minimum Gasteiger partial charge on any atom is -0.322 e. The number of nitrogens with one attached hydrogen (secondary N) is 1. The normalized spacial score (nSPS) is 10.6. The summed E-state index contributed by atoms with van der Waals surface area (Å²) < 4.78 is 1.73. The van der Waals surface area contributed by atoms with Crippen molar-refractivity contribution in [2.24, 2.45) is 0 Å². The second-order valence-electron chi connectivity index (χ2n) is 6.31. The molecule has 4 rings (SSSR count). The molecular weight excluding hydrogens is 388 g/mol.